The summed E-state index contributed by atoms with van der Waals surface area (Å²) >= 11 is 0. The highest BCUT2D eigenvalue weighted by molar-refractivity contribution is 6.01. The first-order chi connectivity index (χ1) is 21.9. The number of nitrogens with one attached hydrogen (secondary N) is 2. The molecule has 0 aliphatic rings. The number of aromatic nitrogens is 4. The largest absolute Gasteiger partial charge is 0.348 e. The predicted octanol–water partition coefficient (Wildman–Crippen LogP) is 6.13. The standard InChI is InChI=1S/C38H44N6O2/c1-9-43-25-23-41(7)35(43)33(45)39-31-19-15-29(16-20-31)37(3,4)27-11-13-28(14-12-27)38(5,6)30-17-21-32(22-18-30)40-34(46)36-42(8)24-26-44(36)10-2/h11-26H,9-10H2,1-8H3/p+2. The van der Waals surface area contributed by atoms with Crippen molar-refractivity contribution in [2.24, 2.45) is 14.1 Å². The zero-order valence-electron chi connectivity index (χ0n) is 28.3. The van der Waals surface area contributed by atoms with Crippen molar-refractivity contribution in [2.75, 3.05) is 10.6 Å². The summed E-state index contributed by atoms with van der Waals surface area (Å²) in [4.78, 5) is 25.9. The summed E-state index contributed by atoms with van der Waals surface area (Å²) in [7, 11) is 3.76. The molecule has 3 aromatic carbocycles. The van der Waals surface area contributed by atoms with Gasteiger partial charge in [-0.1, -0.05) is 76.2 Å². The van der Waals surface area contributed by atoms with Crippen LogP contribution in [0.25, 0.3) is 0 Å². The van der Waals surface area contributed by atoms with E-state index in [1.54, 1.807) is 0 Å². The van der Waals surface area contributed by atoms with E-state index in [4.69, 9.17) is 0 Å². The van der Waals surface area contributed by atoms with Gasteiger partial charge in [0.15, 0.2) is 0 Å². The van der Waals surface area contributed by atoms with Crippen LogP contribution in [0.5, 0.6) is 0 Å². The molecule has 5 aromatic rings. The van der Waals surface area contributed by atoms with Crippen LogP contribution in [0.1, 0.15) is 85.0 Å². The summed E-state index contributed by atoms with van der Waals surface area (Å²) in [6.45, 7) is 14.4. The van der Waals surface area contributed by atoms with Crippen LogP contribution in [0.4, 0.5) is 11.4 Å². The van der Waals surface area contributed by atoms with Gasteiger partial charge in [-0.25, -0.2) is 18.3 Å². The second-order valence-corrected chi connectivity index (χ2v) is 12.9. The van der Waals surface area contributed by atoms with Crippen molar-refractivity contribution in [1.29, 1.82) is 0 Å². The maximum Gasteiger partial charge on any atom is 0.348 e. The molecule has 46 heavy (non-hydrogen) atoms. The average molecular weight is 619 g/mol. The lowest BCUT2D eigenvalue weighted by molar-refractivity contribution is -0.672. The molecule has 0 atom stereocenters. The minimum Gasteiger partial charge on any atom is -0.315 e. The fourth-order valence-electron chi connectivity index (χ4n) is 6.09. The Balaban J connectivity index is 1.27. The van der Waals surface area contributed by atoms with Crippen LogP contribution in [0.2, 0.25) is 0 Å². The molecule has 2 aromatic heterocycles. The van der Waals surface area contributed by atoms with Gasteiger partial charge in [-0.05, 0) is 60.4 Å². The van der Waals surface area contributed by atoms with Gasteiger partial charge in [0.1, 0.15) is 24.8 Å². The van der Waals surface area contributed by atoms with Gasteiger partial charge in [-0.3, -0.25) is 9.59 Å². The molecule has 0 unspecified atom stereocenters. The van der Waals surface area contributed by atoms with Crippen LogP contribution in [0.15, 0.2) is 97.6 Å². The molecule has 8 nitrogen and oxygen atoms in total. The number of amides is 2. The third-order valence-electron chi connectivity index (χ3n) is 9.30. The molecule has 2 heterocycles. The van der Waals surface area contributed by atoms with Crippen molar-refractivity contribution >= 4 is 23.2 Å². The normalized spacial score (nSPS) is 11.8. The molecular formula is C38H46N6O2+2. The van der Waals surface area contributed by atoms with Crippen LogP contribution in [0, 0.1) is 0 Å². The molecule has 0 bridgehead atoms. The number of nitrogens with zero attached hydrogens (tertiary/aromatic N) is 4. The minimum absolute atomic E-state index is 0.129. The highest BCUT2D eigenvalue weighted by Crippen LogP contribution is 2.36. The summed E-state index contributed by atoms with van der Waals surface area (Å²) in [5.74, 6) is 0.974. The van der Waals surface area contributed by atoms with E-state index < -0.39 is 0 Å². The van der Waals surface area contributed by atoms with Gasteiger partial charge in [0, 0.05) is 22.2 Å². The molecule has 238 valence electrons. The number of hydrogen-bond donors (Lipinski definition) is 2. The monoisotopic (exact) mass is 618 g/mol. The van der Waals surface area contributed by atoms with E-state index in [1.807, 2.05) is 95.3 Å². The maximum absolute atomic E-state index is 13.0. The molecule has 0 saturated heterocycles. The molecular weight excluding hydrogens is 572 g/mol. The van der Waals surface area contributed by atoms with Crippen molar-refractivity contribution in [1.82, 2.24) is 9.13 Å². The van der Waals surface area contributed by atoms with Gasteiger partial charge in [0.05, 0.1) is 27.2 Å². The predicted molar refractivity (Wildman–Crippen MR) is 182 cm³/mol. The van der Waals surface area contributed by atoms with Crippen LogP contribution in [0.3, 0.4) is 0 Å². The molecule has 2 amide bonds. The third kappa shape index (κ3) is 6.25. The first-order valence-corrected chi connectivity index (χ1v) is 15.9. The number of carbonyl (C=O) groups is 2. The third-order valence-corrected chi connectivity index (χ3v) is 9.30. The van der Waals surface area contributed by atoms with Crippen LogP contribution < -0.4 is 19.8 Å². The van der Waals surface area contributed by atoms with E-state index in [1.165, 1.54) is 11.1 Å². The Morgan fingerprint density at radius 2 is 0.848 bits per heavy atom. The lowest BCUT2D eigenvalue weighted by Gasteiger charge is -2.29. The van der Waals surface area contributed by atoms with Crippen molar-refractivity contribution in [3.05, 3.63) is 131 Å². The lowest BCUT2D eigenvalue weighted by Crippen LogP contribution is -2.37. The number of carbonyl (C=O) groups excluding carboxylic acids is 2. The molecule has 0 aliphatic heterocycles. The number of rotatable bonds is 10. The second kappa shape index (κ2) is 12.8. The second-order valence-electron chi connectivity index (χ2n) is 12.9. The fraction of sp³-hybridized carbons (Fsp3) is 0.316. The number of benzene rings is 3. The fourth-order valence-corrected chi connectivity index (χ4v) is 6.09. The Hall–Kier alpha value is -4.98. The Bertz CT molecular complexity index is 1710. The van der Waals surface area contributed by atoms with E-state index in [9.17, 15) is 9.59 Å². The van der Waals surface area contributed by atoms with E-state index in [-0.39, 0.29) is 22.6 Å². The summed E-state index contributed by atoms with van der Waals surface area (Å²) in [6, 6.07) is 25.1. The number of aryl methyl sites for hydroxylation is 4. The maximum atomic E-state index is 13.0. The first-order valence-electron chi connectivity index (χ1n) is 15.9. The topological polar surface area (TPSA) is 75.8 Å². The first kappa shape index (κ1) is 32.4. The quantitative estimate of drug-likeness (QED) is 0.185. The highest BCUT2D eigenvalue weighted by atomic mass is 16.2. The highest BCUT2D eigenvalue weighted by Gasteiger charge is 2.28. The zero-order chi connectivity index (χ0) is 33.2. The van der Waals surface area contributed by atoms with Gasteiger partial charge in [-0.2, -0.15) is 0 Å². The van der Waals surface area contributed by atoms with Gasteiger partial charge in [0.25, 0.3) is 0 Å². The van der Waals surface area contributed by atoms with Crippen LogP contribution in [-0.2, 0) is 38.0 Å². The summed E-state index contributed by atoms with van der Waals surface area (Å²) in [5.41, 5.74) is 5.81. The number of anilines is 2. The summed E-state index contributed by atoms with van der Waals surface area (Å²) < 4.78 is 7.54. The summed E-state index contributed by atoms with van der Waals surface area (Å²) in [5, 5.41) is 6.08. The minimum atomic E-state index is -0.233. The molecule has 0 aliphatic carbocycles. The Morgan fingerprint density at radius 3 is 1.13 bits per heavy atom. The number of hydrogen-bond acceptors (Lipinski definition) is 2. The zero-order valence-corrected chi connectivity index (χ0v) is 28.3. The van der Waals surface area contributed by atoms with E-state index in [0.717, 1.165) is 35.6 Å². The smallest absolute Gasteiger partial charge is 0.315 e. The molecule has 0 saturated carbocycles. The van der Waals surface area contributed by atoms with Gasteiger partial charge in [0.2, 0.25) is 0 Å². The molecule has 5 rings (SSSR count). The van der Waals surface area contributed by atoms with Gasteiger partial charge >= 0.3 is 23.5 Å². The Morgan fingerprint density at radius 1 is 0.565 bits per heavy atom. The van der Waals surface area contributed by atoms with E-state index >= 15 is 0 Å². The van der Waals surface area contributed by atoms with E-state index in [2.05, 4.69) is 86.9 Å². The lowest BCUT2D eigenvalue weighted by atomic mass is 9.74. The molecule has 8 heteroatoms. The molecule has 0 radical (unpaired) electrons. The van der Waals surface area contributed by atoms with E-state index in [0.29, 0.717) is 11.6 Å². The Kier molecular flexibility index (Phi) is 9.01. The van der Waals surface area contributed by atoms with Gasteiger partial charge < -0.3 is 10.6 Å². The van der Waals surface area contributed by atoms with Crippen molar-refractivity contribution in [2.45, 2.75) is 65.5 Å². The SMILES string of the molecule is CCn1cc[n+](C)c1C(=O)Nc1ccc(C(C)(C)c2ccc(C(C)(C)c3ccc(NC(=O)c4n(CC)cc[n+]4C)cc3)cc2)cc1. The van der Waals surface area contributed by atoms with Gasteiger partial charge in [-0.15, -0.1) is 0 Å². The molecule has 2 N–H and O–H groups in total. The average Bonchev–Trinajstić information content (AvgIpc) is 3.62. The van der Waals surface area contributed by atoms with Crippen LogP contribution in [-0.4, -0.2) is 20.9 Å². The van der Waals surface area contributed by atoms with Crippen molar-refractivity contribution in [3.8, 4) is 0 Å². The molecule has 0 fully saturated rings. The van der Waals surface area contributed by atoms with Crippen LogP contribution >= 0.6 is 0 Å². The van der Waals surface area contributed by atoms with Crippen molar-refractivity contribution < 1.29 is 18.7 Å². The molecule has 0 spiro atoms. The number of imidazole rings is 2. The Labute approximate surface area is 272 Å². The summed E-state index contributed by atoms with van der Waals surface area (Å²) in [6.07, 6.45) is 7.61. The van der Waals surface area contributed by atoms with Crippen molar-refractivity contribution in [3.63, 3.8) is 0 Å².